The van der Waals surface area contributed by atoms with E-state index in [1.54, 1.807) is 34.5 Å². The minimum Gasteiger partial charge on any atom is -0.461 e. The fourth-order valence-corrected chi connectivity index (χ4v) is 4.31. The number of nitrogens with one attached hydrogen (secondary N) is 2. The van der Waals surface area contributed by atoms with Gasteiger partial charge in [-0.15, -0.1) is 0 Å². The van der Waals surface area contributed by atoms with Gasteiger partial charge < -0.3 is 40.5 Å². The van der Waals surface area contributed by atoms with Crippen LogP contribution in [0.25, 0.3) is 0 Å². The average molecular weight is 571 g/mol. The molecule has 6 N–H and O–H groups in total. The average Bonchev–Trinajstić information content (AvgIpc) is 3.66. The summed E-state index contributed by atoms with van der Waals surface area (Å²) in [5.74, 6) is -1.49. The Morgan fingerprint density at radius 3 is 1.80 bits per heavy atom. The van der Waals surface area contributed by atoms with E-state index in [0.29, 0.717) is 62.6 Å². The zero-order valence-electron chi connectivity index (χ0n) is 23.4. The van der Waals surface area contributed by atoms with Crippen molar-refractivity contribution in [1.82, 2.24) is 13.7 Å². The Balaban J connectivity index is 1.86. The minimum absolute atomic E-state index is 0.103. The van der Waals surface area contributed by atoms with Crippen LogP contribution in [-0.2, 0) is 24.4 Å². The number of nitrogens with zero attached hydrogens (tertiary/aromatic N) is 4. The van der Waals surface area contributed by atoms with Gasteiger partial charge in [0.15, 0.2) is 0 Å². The van der Waals surface area contributed by atoms with Crippen LogP contribution in [0.2, 0.25) is 0 Å². The predicted molar refractivity (Wildman–Crippen MR) is 154 cm³/mol. The number of carbonyl (C=O) groups excluding carboxylic acids is 3. The van der Waals surface area contributed by atoms with E-state index in [1.165, 1.54) is 22.9 Å². The lowest BCUT2D eigenvalue weighted by Crippen LogP contribution is -2.17. The molecule has 14 heteroatoms. The van der Waals surface area contributed by atoms with Crippen LogP contribution in [0.15, 0.2) is 36.8 Å². The topological polar surface area (TPSA) is 194 Å². The van der Waals surface area contributed by atoms with Crippen molar-refractivity contribution in [3.63, 3.8) is 0 Å². The molecule has 0 aliphatic carbocycles. The summed E-state index contributed by atoms with van der Waals surface area (Å²) in [6.45, 7) is 6.10. The second kappa shape index (κ2) is 14.8. The molecule has 0 bridgehead atoms. The highest BCUT2D eigenvalue weighted by molar-refractivity contribution is 6.07. The van der Waals surface area contributed by atoms with Crippen LogP contribution in [0.3, 0.4) is 0 Å². The van der Waals surface area contributed by atoms with Gasteiger partial charge in [0.05, 0.1) is 29.1 Å². The Hall–Kier alpha value is -4.43. The van der Waals surface area contributed by atoms with Gasteiger partial charge in [-0.25, -0.2) is 4.79 Å². The molecule has 3 aromatic heterocycles. The number of carbonyl (C=O) groups is 3. The molecule has 0 saturated carbocycles. The predicted octanol–water partition coefficient (Wildman–Crippen LogP) is 3.18. The number of esters is 1. The standard InChI is InChI=1S/C27H38N8O6/c1-3-5-10-33-17-20(14-24(33)27(38)41-4-2)31-25(36)22-13-19(16-32(22)11-6-8-28)30-26(37)23-15-21(35(39)40)18-34(23)12-7-9-29/h13-18H,3-12,28-29H2,1-2H3,(H,30,37)(H,31,36). The molecule has 0 aliphatic heterocycles. The summed E-state index contributed by atoms with van der Waals surface area (Å²) >= 11 is 0. The summed E-state index contributed by atoms with van der Waals surface area (Å²) in [4.78, 5) is 49.6. The molecule has 0 saturated heterocycles. The Bertz CT molecular complexity index is 1370. The number of unbranched alkanes of at least 4 members (excludes halogenated alkanes) is 1. The molecular weight excluding hydrogens is 532 g/mol. The van der Waals surface area contributed by atoms with Crippen LogP contribution in [-0.4, -0.2) is 56.1 Å². The first-order valence-electron chi connectivity index (χ1n) is 13.7. The van der Waals surface area contributed by atoms with Crippen molar-refractivity contribution in [2.45, 2.75) is 59.2 Å². The van der Waals surface area contributed by atoms with Crippen LogP contribution in [0.5, 0.6) is 0 Å². The number of rotatable bonds is 16. The van der Waals surface area contributed by atoms with Gasteiger partial charge in [0.25, 0.3) is 17.5 Å². The smallest absolute Gasteiger partial charge is 0.355 e. The highest BCUT2D eigenvalue weighted by Gasteiger charge is 2.22. The molecule has 0 unspecified atom stereocenters. The maximum absolute atomic E-state index is 13.4. The van der Waals surface area contributed by atoms with E-state index in [-0.39, 0.29) is 23.7 Å². The van der Waals surface area contributed by atoms with E-state index in [1.807, 2.05) is 6.92 Å². The molecule has 2 amide bonds. The van der Waals surface area contributed by atoms with Crippen molar-refractivity contribution >= 4 is 34.8 Å². The quantitative estimate of drug-likeness (QED) is 0.114. The summed E-state index contributed by atoms with van der Waals surface area (Å²) in [5, 5.41) is 16.9. The van der Waals surface area contributed by atoms with Crippen molar-refractivity contribution in [2.24, 2.45) is 11.5 Å². The molecule has 0 radical (unpaired) electrons. The van der Waals surface area contributed by atoms with E-state index in [0.717, 1.165) is 12.8 Å². The Labute approximate surface area is 237 Å². The molecule has 0 aliphatic rings. The zero-order chi connectivity index (χ0) is 29.9. The highest BCUT2D eigenvalue weighted by atomic mass is 16.6. The number of hydrogen-bond acceptors (Lipinski definition) is 8. The van der Waals surface area contributed by atoms with Crippen molar-refractivity contribution in [3.05, 3.63) is 64.0 Å². The summed E-state index contributed by atoms with van der Waals surface area (Å²) in [6.07, 6.45) is 7.49. The monoisotopic (exact) mass is 570 g/mol. The first kappa shape index (κ1) is 31.1. The first-order chi connectivity index (χ1) is 19.7. The van der Waals surface area contributed by atoms with Gasteiger partial charge in [0.2, 0.25) is 0 Å². The van der Waals surface area contributed by atoms with E-state index >= 15 is 0 Å². The lowest BCUT2D eigenvalue weighted by molar-refractivity contribution is -0.384. The maximum atomic E-state index is 13.4. The third-order valence-electron chi connectivity index (χ3n) is 6.31. The van der Waals surface area contributed by atoms with Gasteiger partial charge in [-0.2, -0.15) is 0 Å². The fourth-order valence-electron chi connectivity index (χ4n) is 4.31. The maximum Gasteiger partial charge on any atom is 0.355 e. The third-order valence-corrected chi connectivity index (χ3v) is 6.31. The van der Waals surface area contributed by atoms with Crippen molar-refractivity contribution in [1.29, 1.82) is 0 Å². The SMILES string of the molecule is CCCCn1cc(NC(=O)c2cc(NC(=O)c3cc([N+](=O)[O-])cn3CCCN)cn2CCCN)cc1C(=O)OCC. The van der Waals surface area contributed by atoms with Crippen molar-refractivity contribution < 1.29 is 24.0 Å². The van der Waals surface area contributed by atoms with Crippen LogP contribution >= 0.6 is 0 Å². The number of anilines is 2. The van der Waals surface area contributed by atoms with Gasteiger partial charge in [0.1, 0.15) is 17.1 Å². The van der Waals surface area contributed by atoms with E-state index < -0.39 is 22.7 Å². The molecule has 3 rings (SSSR count). The molecule has 41 heavy (non-hydrogen) atoms. The summed E-state index contributed by atoms with van der Waals surface area (Å²) in [5.41, 5.74) is 12.5. The summed E-state index contributed by atoms with van der Waals surface area (Å²) in [6, 6.07) is 4.30. The Kier molecular flexibility index (Phi) is 11.2. The Morgan fingerprint density at radius 1 is 0.805 bits per heavy atom. The molecule has 0 aromatic carbocycles. The van der Waals surface area contributed by atoms with E-state index in [2.05, 4.69) is 10.6 Å². The van der Waals surface area contributed by atoms with Gasteiger partial charge in [-0.1, -0.05) is 13.3 Å². The van der Waals surface area contributed by atoms with Crippen molar-refractivity contribution in [3.8, 4) is 0 Å². The van der Waals surface area contributed by atoms with E-state index in [4.69, 9.17) is 16.2 Å². The number of amides is 2. The van der Waals surface area contributed by atoms with Crippen LogP contribution in [0, 0.1) is 10.1 Å². The minimum atomic E-state index is -0.565. The van der Waals surface area contributed by atoms with Gasteiger partial charge in [-0.3, -0.25) is 19.7 Å². The molecule has 222 valence electrons. The Morgan fingerprint density at radius 2 is 1.29 bits per heavy atom. The summed E-state index contributed by atoms with van der Waals surface area (Å²) in [7, 11) is 0. The second-order valence-electron chi connectivity index (χ2n) is 9.42. The van der Waals surface area contributed by atoms with Crippen LogP contribution < -0.4 is 22.1 Å². The third kappa shape index (κ3) is 8.05. The number of aromatic nitrogens is 3. The van der Waals surface area contributed by atoms with Gasteiger partial charge in [-0.05, 0) is 51.4 Å². The van der Waals surface area contributed by atoms with Gasteiger partial charge in [0, 0.05) is 38.1 Å². The number of hydrogen-bond donors (Lipinski definition) is 4. The summed E-state index contributed by atoms with van der Waals surface area (Å²) < 4.78 is 10.1. The lowest BCUT2D eigenvalue weighted by atomic mass is 10.3. The fraction of sp³-hybridized carbons (Fsp3) is 0.444. The molecule has 0 spiro atoms. The largest absolute Gasteiger partial charge is 0.461 e. The molecule has 0 atom stereocenters. The highest BCUT2D eigenvalue weighted by Crippen LogP contribution is 2.22. The molecule has 0 fully saturated rings. The van der Waals surface area contributed by atoms with Crippen LogP contribution in [0.4, 0.5) is 17.1 Å². The molecule has 3 heterocycles. The van der Waals surface area contributed by atoms with Gasteiger partial charge >= 0.3 is 5.97 Å². The molecule has 3 aromatic rings. The van der Waals surface area contributed by atoms with E-state index in [9.17, 15) is 24.5 Å². The molecule has 14 nitrogen and oxygen atoms in total. The second-order valence-corrected chi connectivity index (χ2v) is 9.42. The van der Waals surface area contributed by atoms with Crippen LogP contribution in [0.1, 0.15) is 71.0 Å². The lowest BCUT2D eigenvalue weighted by Gasteiger charge is -2.08. The zero-order valence-corrected chi connectivity index (χ0v) is 23.4. The molecular formula is C27H38N8O6. The van der Waals surface area contributed by atoms with Crippen molar-refractivity contribution in [2.75, 3.05) is 30.3 Å². The first-order valence-corrected chi connectivity index (χ1v) is 13.7. The number of aryl methyl sites for hydroxylation is 3. The number of nitro groups is 1. The normalized spacial score (nSPS) is 10.9. The number of ether oxygens (including phenoxy) is 1. The number of nitrogens with two attached hydrogens (primary N) is 2.